The van der Waals surface area contributed by atoms with Gasteiger partial charge in [-0.15, -0.1) is 0 Å². The van der Waals surface area contributed by atoms with Crippen molar-refractivity contribution in [3.63, 3.8) is 0 Å². The van der Waals surface area contributed by atoms with Gasteiger partial charge in [0.2, 0.25) is 5.91 Å². The van der Waals surface area contributed by atoms with E-state index in [-0.39, 0.29) is 12.2 Å². The van der Waals surface area contributed by atoms with Gasteiger partial charge >= 0.3 is 6.18 Å². The number of hydrogen-bond acceptors (Lipinski definition) is 4. The van der Waals surface area contributed by atoms with Gasteiger partial charge in [-0.25, -0.2) is 0 Å². The second kappa shape index (κ2) is 6.91. The maximum atomic E-state index is 12.5. The molecule has 0 radical (unpaired) electrons. The van der Waals surface area contributed by atoms with E-state index >= 15 is 0 Å². The molecule has 0 saturated carbocycles. The van der Waals surface area contributed by atoms with Crippen LogP contribution in [0.2, 0.25) is 0 Å². The molecule has 0 unspecified atom stereocenters. The van der Waals surface area contributed by atoms with Gasteiger partial charge in [-0.1, -0.05) is 12.1 Å². The molecule has 0 aliphatic heterocycles. The van der Waals surface area contributed by atoms with E-state index in [0.717, 1.165) is 16.9 Å². The fourth-order valence-corrected chi connectivity index (χ4v) is 2.19. The lowest BCUT2D eigenvalue weighted by molar-refractivity contribution is -0.384. The van der Waals surface area contributed by atoms with Gasteiger partial charge in [0.25, 0.3) is 5.69 Å². The zero-order valence-corrected chi connectivity index (χ0v) is 13.4. The van der Waals surface area contributed by atoms with Crippen LogP contribution < -0.4 is 0 Å². The first-order valence-electron chi connectivity index (χ1n) is 7.20. The summed E-state index contributed by atoms with van der Waals surface area (Å²) in [5, 5.41) is 14.2. The van der Waals surface area contributed by atoms with Crippen LogP contribution in [0.15, 0.2) is 36.5 Å². The Hall–Kier alpha value is -2.91. The Morgan fingerprint density at radius 1 is 1.40 bits per heavy atom. The lowest BCUT2D eigenvalue weighted by Crippen LogP contribution is -2.32. The summed E-state index contributed by atoms with van der Waals surface area (Å²) in [6, 6.07) is 6.12. The van der Waals surface area contributed by atoms with Crippen LogP contribution in [-0.4, -0.2) is 32.6 Å². The van der Waals surface area contributed by atoms with E-state index < -0.39 is 28.7 Å². The van der Waals surface area contributed by atoms with E-state index in [2.05, 4.69) is 5.10 Å². The maximum absolute atomic E-state index is 12.5. The quantitative estimate of drug-likeness (QED) is 0.609. The van der Waals surface area contributed by atoms with Gasteiger partial charge in [0.05, 0.1) is 11.0 Å². The SMILES string of the molecule is C[C@@H](c1cccc([N+](=O)[O-])c1)N(C)C(=O)Cn1ccc(C(F)(F)F)n1. The number of carbonyl (C=O) groups excluding carboxylic acids is 1. The Labute approximate surface area is 140 Å². The third-order valence-corrected chi connectivity index (χ3v) is 3.77. The zero-order chi connectivity index (χ0) is 18.8. The van der Waals surface area contributed by atoms with Crippen molar-refractivity contribution in [3.05, 3.63) is 57.9 Å². The number of nitro benzene ring substituents is 1. The molecule has 1 amide bonds. The number of likely N-dealkylation sites (N-methyl/N-ethyl adjacent to an activating group) is 1. The van der Waals surface area contributed by atoms with Crippen molar-refractivity contribution in [3.8, 4) is 0 Å². The number of amides is 1. The highest BCUT2D eigenvalue weighted by Crippen LogP contribution is 2.27. The Morgan fingerprint density at radius 2 is 2.08 bits per heavy atom. The summed E-state index contributed by atoms with van der Waals surface area (Å²) in [5.74, 6) is -0.476. The molecule has 1 aromatic heterocycles. The van der Waals surface area contributed by atoms with Crippen LogP contribution in [-0.2, 0) is 17.5 Å². The minimum atomic E-state index is -4.57. The van der Waals surface area contributed by atoms with Crippen molar-refractivity contribution in [2.75, 3.05) is 7.05 Å². The fraction of sp³-hybridized carbons (Fsp3) is 0.333. The number of carbonyl (C=O) groups is 1. The van der Waals surface area contributed by atoms with Gasteiger partial charge in [0.1, 0.15) is 6.54 Å². The number of halogens is 3. The summed E-state index contributed by atoms with van der Waals surface area (Å²) < 4.78 is 38.5. The molecule has 0 aliphatic rings. The van der Waals surface area contributed by atoms with Gasteiger partial charge in [0.15, 0.2) is 5.69 Å². The fourth-order valence-electron chi connectivity index (χ4n) is 2.19. The standard InChI is InChI=1S/C15H15F3N4O3/c1-10(11-4-3-5-12(8-11)22(24)25)20(2)14(23)9-21-7-6-13(19-21)15(16,17)18/h3-8,10H,9H2,1-2H3/t10-/m0/s1. The van der Waals surface area contributed by atoms with Gasteiger partial charge in [-0.05, 0) is 18.6 Å². The molecule has 0 aliphatic carbocycles. The van der Waals surface area contributed by atoms with E-state index in [1.165, 1.54) is 30.1 Å². The molecule has 2 rings (SSSR count). The summed E-state index contributed by atoms with van der Waals surface area (Å²) in [7, 11) is 1.47. The average Bonchev–Trinajstić information content (AvgIpc) is 3.02. The van der Waals surface area contributed by atoms with Crippen LogP contribution in [0.3, 0.4) is 0 Å². The summed E-state index contributed by atoms with van der Waals surface area (Å²) >= 11 is 0. The molecule has 0 N–H and O–H groups in total. The Kier molecular flexibility index (Phi) is 5.10. The molecule has 1 aromatic carbocycles. The Balaban J connectivity index is 2.10. The second-order valence-corrected chi connectivity index (χ2v) is 5.43. The Bertz CT molecular complexity index is 788. The lowest BCUT2D eigenvalue weighted by Gasteiger charge is -2.25. The summed E-state index contributed by atoms with van der Waals surface area (Å²) in [5.41, 5.74) is -0.636. The first kappa shape index (κ1) is 18.4. The molecular weight excluding hydrogens is 341 g/mol. The smallest absolute Gasteiger partial charge is 0.337 e. The molecule has 0 bridgehead atoms. The summed E-state index contributed by atoms with van der Waals surface area (Å²) in [6.45, 7) is 1.30. The van der Waals surface area contributed by atoms with Crippen LogP contribution in [0.4, 0.5) is 18.9 Å². The molecule has 7 nitrogen and oxygen atoms in total. The van der Waals surface area contributed by atoms with Crippen molar-refractivity contribution < 1.29 is 22.9 Å². The third-order valence-electron chi connectivity index (χ3n) is 3.77. The monoisotopic (exact) mass is 356 g/mol. The zero-order valence-electron chi connectivity index (χ0n) is 13.4. The molecule has 0 saturated heterocycles. The topological polar surface area (TPSA) is 81.3 Å². The largest absolute Gasteiger partial charge is 0.435 e. The normalized spacial score (nSPS) is 12.7. The van der Waals surface area contributed by atoms with Crippen LogP contribution in [0, 0.1) is 10.1 Å². The number of nitro groups is 1. The molecule has 2 aromatic rings. The molecular formula is C15H15F3N4O3. The van der Waals surface area contributed by atoms with Crippen LogP contribution >= 0.6 is 0 Å². The summed E-state index contributed by atoms with van der Waals surface area (Å²) in [4.78, 5) is 23.8. The average molecular weight is 356 g/mol. The Morgan fingerprint density at radius 3 is 2.64 bits per heavy atom. The van der Waals surface area contributed by atoms with Crippen molar-refractivity contribution >= 4 is 11.6 Å². The predicted molar refractivity (Wildman–Crippen MR) is 81.5 cm³/mol. The van der Waals surface area contributed by atoms with E-state index in [9.17, 15) is 28.1 Å². The molecule has 0 fully saturated rings. The molecule has 25 heavy (non-hydrogen) atoms. The minimum Gasteiger partial charge on any atom is -0.337 e. The lowest BCUT2D eigenvalue weighted by atomic mass is 10.1. The summed E-state index contributed by atoms with van der Waals surface area (Å²) in [6.07, 6.45) is -3.50. The second-order valence-electron chi connectivity index (χ2n) is 5.43. The third kappa shape index (κ3) is 4.34. The maximum Gasteiger partial charge on any atom is 0.435 e. The van der Waals surface area contributed by atoms with Gasteiger partial charge < -0.3 is 4.90 Å². The number of nitrogens with zero attached hydrogens (tertiary/aromatic N) is 4. The van der Waals surface area contributed by atoms with Gasteiger partial charge in [0, 0.05) is 25.4 Å². The van der Waals surface area contributed by atoms with Gasteiger partial charge in [-0.3, -0.25) is 19.6 Å². The number of hydrogen-bond donors (Lipinski definition) is 0. The highest BCUT2D eigenvalue weighted by molar-refractivity contribution is 5.76. The number of alkyl halides is 3. The van der Waals surface area contributed by atoms with E-state index in [1.807, 2.05) is 0 Å². The number of aromatic nitrogens is 2. The van der Waals surface area contributed by atoms with E-state index in [1.54, 1.807) is 13.0 Å². The molecule has 134 valence electrons. The molecule has 1 heterocycles. The van der Waals surface area contributed by atoms with Crippen LogP contribution in [0.1, 0.15) is 24.2 Å². The predicted octanol–water partition coefficient (Wildman–Crippen LogP) is 3.03. The van der Waals surface area contributed by atoms with Crippen LogP contribution in [0.25, 0.3) is 0 Å². The highest BCUT2D eigenvalue weighted by atomic mass is 19.4. The number of non-ortho nitro benzene ring substituents is 1. The first-order chi connectivity index (χ1) is 11.6. The van der Waals surface area contributed by atoms with Crippen molar-refractivity contribution in [1.29, 1.82) is 0 Å². The minimum absolute atomic E-state index is 0.105. The van der Waals surface area contributed by atoms with E-state index in [4.69, 9.17) is 0 Å². The molecule has 0 spiro atoms. The number of rotatable bonds is 5. The first-order valence-corrected chi connectivity index (χ1v) is 7.20. The van der Waals surface area contributed by atoms with Crippen molar-refractivity contribution in [1.82, 2.24) is 14.7 Å². The van der Waals surface area contributed by atoms with Crippen LogP contribution in [0.5, 0.6) is 0 Å². The van der Waals surface area contributed by atoms with E-state index in [0.29, 0.717) is 5.56 Å². The molecule has 1 atom stereocenters. The van der Waals surface area contributed by atoms with Crippen molar-refractivity contribution in [2.24, 2.45) is 0 Å². The highest BCUT2D eigenvalue weighted by Gasteiger charge is 2.33. The van der Waals surface area contributed by atoms with Gasteiger partial charge in [-0.2, -0.15) is 18.3 Å². The number of benzene rings is 1. The van der Waals surface area contributed by atoms with Crippen molar-refractivity contribution in [2.45, 2.75) is 25.7 Å². The molecule has 10 heteroatoms.